The summed E-state index contributed by atoms with van der Waals surface area (Å²) >= 11 is 0. The number of ether oxygens (including phenoxy) is 2. The summed E-state index contributed by atoms with van der Waals surface area (Å²) in [5.41, 5.74) is 0.570. The molecule has 15 nitrogen and oxygen atoms in total. The highest BCUT2D eigenvalue weighted by Crippen LogP contribution is 2.38. The minimum atomic E-state index is -5.10. The summed E-state index contributed by atoms with van der Waals surface area (Å²) in [6.45, 7) is 3.89. The predicted molar refractivity (Wildman–Crippen MR) is 165 cm³/mol. The third-order valence-corrected chi connectivity index (χ3v) is 8.00. The van der Waals surface area contributed by atoms with E-state index in [9.17, 15) is 33.7 Å². The molecule has 4 rings (SSSR count). The zero-order chi connectivity index (χ0) is 34.7. The zero-order valence-electron chi connectivity index (χ0n) is 26.7. The number of aliphatic carboxylic acids is 1. The maximum Gasteiger partial charge on any atom is 0.295 e. The fourth-order valence-corrected chi connectivity index (χ4v) is 5.21. The number of phosphoric acid groups is 1. The molecule has 3 aromatic rings. The average molecular weight is 675 g/mol. The molecule has 2 aromatic heterocycles. The Kier molecular flexibility index (Phi) is 13.5. The van der Waals surface area contributed by atoms with Gasteiger partial charge in [-0.1, -0.05) is 51.3 Å². The smallest absolute Gasteiger partial charge is 0.295 e. The number of benzene rings is 1. The van der Waals surface area contributed by atoms with Gasteiger partial charge < -0.3 is 43.5 Å². The number of phosphoric ester groups is 1. The lowest BCUT2D eigenvalue weighted by molar-refractivity contribution is -0.311. The summed E-state index contributed by atoms with van der Waals surface area (Å²) < 4.78 is 27.4. The fraction of sp³-hybridized carbons (Fsp3) is 0.452. The number of carbonyl (C=O) groups excluding carboxylic acids is 4. The van der Waals surface area contributed by atoms with E-state index in [1.54, 1.807) is 36.1 Å². The molecule has 2 amide bonds. The fourth-order valence-electron chi connectivity index (χ4n) is 4.94. The number of piperazine rings is 1. The van der Waals surface area contributed by atoms with Gasteiger partial charge in [-0.25, -0.2) is 4.98 Å². The number of Topliss-reactive ketones (excluding diaryl/α,β-unsaturated/α-hetero) is 1. The number of amides is 2. The Balaban J connectivity index is 0.000000520. The summed E-state index contributed by atoms with van der Waals surface area (Å²) in [5, 5.41) is 10.3. The molecule has 47 heavy (non-hydrogen) atoms. The normalized spacial score (nSPS) is 14.9. The molecule has 0 spiro atoms. The first kappa shape index (κ1) is 37.2. The van der Waals surface area contributed by atoms with Crippen LogP contribution in [0.15, 0.2) is 42.7 Å². The first-order valence-corrected chi connectivity index (χ1v) is 16.5. The number of fused-ring (bicyclic) bond motifs is 1. The molecule has 1 N–H and O–H groups in total. The molecule has 256 valence electrons. The van der Waals surface area contributed by atoms with Crippen molar-refractivity contribution in [2.24, 2.45) is 5.92 Å². The quantitative estimate of drug-likeness (QED) is 0.119. The van der Waals surface area contributed by atoms with Crippen molar-refractivity contribution >= 4 is 42.3 Å². The molecule has 1 aromatic carbocycles. The van der Waals surface area contributed by atoms with Crippen LogP contribution in [0, 0.1) is 5.92 Å². The first-order chi connectivity index (χ1) is 22.3. The molecule has 1 saturated heterocycles. The minimum absolute atomic E-state index is 0.0117. The zero-order valence-corrected chi connectivity index (χ0v) is 27.6. The molecule has 3 heterocycles. The Morgan fingerprint density at radius 1 is 1.02 bits per heavy atom. The van der Waals surface area contributed by atoms with Crippen LogP contribution in [0.2, 0.25) is 0 Å². The van der Waals surface area contributed by atoms with Crippen LogP contribution in [0.5, 0.6) is 11.6 Å². The van der Waals surface area contributed by atoms with Crippen molar-refractivity contribution in [2.45, 2.75) is 46.3 Å². The van der Waals surface area contributed by atoms with Gasteiger partial charge in [0.15, 0.2) is 0 Å². The van der Waals surface area contributed by atoms with Crippen LogP contribution in [0.1, 0.15) is 60.2 Å². The number of methoxy groups -OCH3 is 2. The van der Waals surface area contributed by atoms with Gasteiger partial charge in [0.05, 0.1) is 31.4 Å². The number of hydrogen-bond donors (Lipinski definition) is 1. The number of carboxylic acid groups (broad SMARTS) is 1. The average Bonchev–Trinajstić information content (AvgIpc) is 3.46. The third-order valence-electron chi connectivity index (χ3n) is 7.56. The number of carbonyl (C=O) groups is 4. The van der Waals surface area contributed by atoms with Crippen molar-refractivity contribution in [3.8, 4) is 11.6 Å². The Morgan fingerprint density at radius 3 is 2.21 bits per heavy atom. The molecule has 0 radical (unpaired) electrons. The molecule has 0 bridgehead atoms. The third kappa shape index (κ3) is 9.85. The minimum Gasteiger partial charge on any atom is -0.756 e. The number of nitrogens with zero attached hydrogens (tertiary/aromatic N) is 4. The number of aromatic nitrogens is 2. The van der Waals surface area contributed by atoms with E-state index in [0.29, 0.717) is 5.56 Å². The largest absolute Gasteiger partial charge is 0.756 e. The lowest BCUT2D eigenvalue weighted by atomic mass is 10.0. The Hall–Kier alpha value is -4.30. The van der Waals surface area contributed by atoms with Gasteiger partial charge >= 0.3 is 0 Å². The number of unbranched alkanes of at least 4 members (excludes halogenated alkanes) is 2. The molecule has 1 unspecified atom stereocenters. The van der Waals surface area contributed by atoms with Crippen molar-refractivity contribution in [1.82, 2.24) is 19.4 Å². The number of ketones is 1. The molecular weight excluding hydrogens is 635 g/mol. The van der Waals surface area contributed by atoms with Gasteiger partial charge in [0, 0.05) is 43.9 Å². The standard InChI is InChI=1S/C23H25N4O9P.C8H16O2/c1-34-17-12-24-21(35-2)19-18(17)16(13-27(19)14-36-37(31,32)33)20(28)23(30)26-10-8-25(9-11-26)22(29)15-6-4-3-5-7-15;1-3-4-5-6-7(2)8(9)10/h3-7,12-13H,8-11,14H2,1-2H3,(H2,31,32,33);7H,3-6H2,1-2H3,(H,9,10)/p-2/t;7-/m.0/s1. The molecular formula is C31H39N4O11P-2. The van der Waals surface area contributed by atoms with Gasteiger partial charge in [0.25, 0.3) is 25.4 Å². The van der Waals surface area contributed by atoms with E-state index < -0.39 is 32.2 Å². The molecule has 0 aliphatic carbocycles. The van der Waals surface area contributed by atoms with Gasteiger partial charge in [0.1, 0.15) is 18.0 Å². The number of hydrogen-bond acceptors (Lipinski definition) is 11. The SMILES string of the molecule is CCCCC[C@H](C)C(=O)[O-].COc1cnc(OC)c2c1c(C(=O)C(=O)N1CCN(C(=O)c3ccccc3)CC1)cn2COP(=O)([O-])O. The summed E-state index contributed by atoms with van der Waals surface area (Å²) in [6.07, 6.45) is 6.54. The highest BCUT2D eigenvalue weighted by molar-refractivity contribution is 7.44. The van der Waals surface area contributed by atoms with Gasteiger partial charge in [-0.15, -0.1) is 0 Å². The van der Waals surface area contributed by atoms with E-state index >= 15 is 0 Å². The van der Waals surface area contributed by atoms with E-state index in [0.717, 1.165) is 25.7 Å². The van der Waals surface area contributed by atoms with Crippen LogP contribution in [0.4, 0.5) is 0 Å². The van der Waals surface area contributed by atoms with Gasteiger partial charge in [0.2, 0.25) is 5.88 Å². The summed E-state index contributed by atoms with van der Waals surface area (Å²) in [6, 6.07) is 8.76. The van der Waals surface area contributed by atoms with Crippen molar-refractivity contribution in [3.05, 3.63) is 53.9 Å². The Bertz CT molecular complexity index is 1600. The van der Waals surface area contributed by atoms with Crippen molar-refractivity contribution in [3.63, 3.8) is 0 Å². The van der Waals surface area contributed by atoms with E-state index in [1.165, 1.54) is 36.1 Å². The molecule has 16 heteroatoms. The first-order valence-electron chi connectivity index (χ1n) is 15.0. The Labute approximate surface area is 272 Å². The second-order valence-electron chi connectivity index (χ2n) is 10.8. The molecule has 0 saturated carbocycles. The van der Waals surface area contributed by atoms with Crippen LogP contribution in [0.25, 0.3) is 10.9 Å². The van der Waals surface area contributed by atoms with Crippen molar-refractivity contribution in [2.75, 3.05) is 40.4 Å². The summed E-state index contributed by atoms with van der Waals surface area (Å²) in [7, 11) is -2.44. The summed E-state index contributed by atoms with van der Waals surface area (Å²) in [5.74, 6) is -2.89. The maximum atomic E-state index is 13.4. The van der Waals surface area contributed by atoms with Crippen LogP contribution >= 0.6 is 7.82 Å². The van der Waals surface area contributed by atoms with E-state index in [4.69, 9.17) is 14.4 Å². The molecule has 1 fully saturated rings. The molecule has 1 aliphatic heterocycles. The van der Waals surface area contributed by atoms with E-state index in [2.05, 4.69) is 16.4 Å². The highest BCUT2D eigenvalue weighted by Gasteiger charge is 2.32. The lowest BCUT2D eigenvalue weighted by Gasteiger charge is -2.34. The highest BCUT2D eigenvalue weighted by atomic mass is 31.2. The van der Waals surface area contributed by atoms with Gasteiger partial charge in [-0.05, 0) is 24.5 Å². The number of rotatable bonds is 13. The van der Waals surface area contributed by atoms with E-state index in [-0.39, 0.29) is 66.1 Å². The second-order valence-corrected chi connectivity index (χ2v) is 12.0. The van der Waals surface area contributed by atoms with Gasteiger partial charge in [-0.3, -0.25) is 23.5 Å². The number of carboxylic acids is 1. The summed E-state index contributed by atoms with van der Waals surface area (Å²) in [4.78, 5) is 76.6. The Morgan fingerprint density at radius 2 is 1.66 bits per heavy atom. The van der Waals surface area contributed by atoms with Crippen LogP contribution in [0.3, 0.4) is 0 Å². The molecule has 2 atom stereocenters. The van der Waals surface area contributed by atoms with Crippen LogP contribution < -0.4 is 19.5 Å². The predicted octanol–water partition coefficient (Wildman–Crippen LogP) is 1.61. The monoisotopic (exact) mass is 674 g/mol. The lowest BCUT2D eigenvalue weighted by Crippen LogP contribution is -2.52. The van der Waals surface area contributed by atoms with Crippen molar-refractivity contribution < 1.29 is 52.6 Å². The van der Waals surface area contributed by atoms with Crippen LogP contribution in [-0.4, -0.2) is 88.2 Å². The molecule has 1 aliphatic rings. The van der Waals surface area contributed by atoms with Crippen molar-refractivity contribution in [1.29, 1.82) is 0 Å². The maximum absolute atomic E-state index is 13.4. The topological polar surface area (TPSA) is 204 Å². The number of pyridine rings is 1. The van der Waals surface area contributed by atoms with Gasteiger partial charge in [-0.2, -0.15) is 0 Å². The van der Waals surface area contributed by atoms with Crippen LogP contribution in [-0.2, 0) is 25.4 Å². The second kappa shape index (κ2) is 17.0. The van der Waals surface area contributed by atoms with E-state index in [1.807, 2.05) is 6.07 Å².